The first-order valence-electron chi connectivity index (χ1n) is 6.91. The number of rotatable bonds is 3. The van der Waals surface area contributed by atoms with E-state index in [1.807, 2.05) is 0 Å². The zero-order valence-corrected chi connectivity index (χ0v) is 13.1. The van der Waals surface area contributed by atoms with E-state index in [0.29, 0.717) is 19.1 Å². The first-order chi connectivity index (χ1) is 9.50. The molecule has 0 radical (unpaired) electrons. The zero-order valence-electron chi connectivity index (χ0n) is 11.5. The summed E-state index contributed by atoms with van der Waals surface area (Å²) in [5, 5.41) is 0.151. The molecule has 3 heterocycles. The minimum atomic E-state index is -3.57. The second-order valence-corrected chi connectivity index (χ2v) is 7.71. The van der Waals surface area contributed by atoms with E-state index in [0.717, 1.165) is 19.5 Å². The Labute approximate surface area is 124 Å². The minimum absolute atomic E-state index is 0.0243. The molecule has 0 amide bonds. The van der Waals surface area contributed by atoms with E-state index in [2.05, 4.69) is 9.88 Å². The summed E-state index contributed by atoms with van der Waals surface area (Å²) in [5.74, 6) is 0. The first-order valence-corrected chi connectivity index (χ1v) is 8.73. The third-order valence-electron chi connectivity index (χ3n) is 4.20. The predicted octanol–water partition coefficient (Wildman–Crippen LogP) is 0.932. The smallest absolute Gasteiger partial charge is 0.263 e. The van der Waals surface area contributed by atoms with Crippen molar-refractivity contribution in [1.29, 1.82) is 0 Å². The molecule has 8 heteroatoms. The highest BCUT2D eigenvalue weighted by molar-refractivity contribution is 7.89. The van der Waals surface area contributed by atoms with Crippen molar-refractivity contribution in [2.75, 3.05) is 26.2 Å². The van der Waals surface area contributed by atoms with Crippen LogP contribution in [0.5, 0.6) is 0 Å². The van der Waals surface area contributed by atoms with Gasteiger partial charge in [-0.3, -0.25) is 4.90 Å². The van der Waals surface area contributed by atoms with Crippen molar-refractivity contribution in [3.8, 4) is 0 Å². The Morgan fingerprint density at radius 3 is 2.60 bits per heavy atom. The molecule has 0 spiro atoms. The van der Waals surface area contributed by atoms with Crippen LogP contribution in [-0.2, 0) is 17.1 Å². The van der Waals surface area contributed by atoms with Gasteiger partial charge < -0.3 is 4.57 Å². The maximum Gasteiger partial charge on any atom is 0.263 e. The number of likely N-dealkylation sites (tertiary alicyclic amines) is 1. The van der Waals surface area contributed by atoms with Gasteiger partial charge in [0.25, 0.3) is 10.0 Å². The Morgan fingerprint density at radius 1 is 1.30 bits per heavy atom. The molecule has 1 atom stereocenters. The summed E-state index contributed by atoms with van der Waals surface area (Å²) in [5.41, 5.74) is 0. The number of sulfonamides is 1. The molecule has 3 rings (SSSR count). The second kappa shape index (κ2) is 5.29. The van der Waals surface area contributed by atoms with Gasteiger partial charge in [0.05, 0.1) is 6.33 Å². The lowest BCUT2D eigenvalue weighted by Gasteiger charge is -2.23. The predicted molar refractivity (Wildman–Crippen MR) is 76.2 cm³/mol. The molecule has 112 valence electrons. The Balaban J connectivity index is 1.78. The third kappa shape index (κ3) is 2.36. The lowest BCUT2D eigenvalue weighted by molar-refractivity contribution is 0.251. The van der Waals surface area contributed by atoms with Gasteiger partial charge in [0, 0.05) is 26.2 Å². The van der Waals surface area contributed by atoms with Crippen LogP contribution in [0.15, 0.2) is 11.4 Å². The summed E-state index contributed by atoms with van der Waals surface area (Å²) >= 11 is 6.02. The summed E-state index contributed by atoms with van der Waals surface area (Å²) in [7, 11) is -1.88. The highest BCUT2D eigenvalue weighted by Crippen LogP contribution is 2.28. The van der Waals surface area contributed by atoms with Crippen LogP contribution in [0.25, 0.3) is 0 Å². The van der Waals surface area contributed by atoms with E-state index in [-0.39, 0.29) is 10.2 Å². The van der Waals surface area contributed by atoms with E-state index in [9.17, 15) is 8.42 Å². The Kier molecular flexibility index (Phi) is 3.79. The zero-order chi connectivity index (χ0) is 14.3. The minimum Gasteiger partial charge on any atom is -0.324 e. The molecule has 1 unspecified atom stereocenters. The molecule has 2 aliphatic heterocycles. The van der Waals surface area contributed by atoms with Crippen LogP contribution in [0, 0.1) is 0 Å². The average Bonchev–Trinajstić information content (AvgIpc) is 3.11. The van der Waals surface area contributed by atoms with Gasteiger partial charge in [-0.25, -0.2) is 13.4 Å². The van der Waals surface area contributed by atoms with Gasteiger partial charge >= 0.3 is 0 Å². The second-order valence-electron chi connectivity index (χ2n) is 5.50. The standard InChI is InChI=1S/C12H19ClN4O2S/c1-15-9-14-12(11(15)13)20(18,19)17-7-4-10(8-17)16-5-2-3-6-16/h9-10H,2-8H2,1H3. The topological polar surface area (TPSA) is 58.4 Å². The molecule has 2 fully saturated rings. The number of imidazole rings is 1. The van der Waals surface area contributed by atoms with E-state index in [1.165, 1.54) is 28.0 Å². The van der Waals surface area contributed by atoms with Crippen molar-refractivity contribution >= 4 is 21.6 Å². The van der Waals surface area contributed by atoms with Gasteiger partial charge in [-0.05, 0) is 32.4 Å². The number of aryl methyl sites for hydroxylation is 1. The number of halogens is 1. The highest BCUT2D eigenvalue weighted by atomic mass is 35.5. The summed E-state index contributed by atoms with van der Waals surface area (Å²) in [6, 6.07) is 0.342. The Bertz CT molecular complexity index is 595. The number of aromatic nitrogens is 2. The van der Waals surface area contributed by atoms with E-state index < -0.39 is 10.0 Å². The quantitative estimate of drug-likeness (QED) is 0.832. The summed E-state index contributed by atoms with van der Waals surface area (Å²) in [6.07, 6.45) is 4.76. The Hall–Kier alpha value is -0.630. The van der Waals surface area contributed by atoms with Crippen molar-refractivity contribution in [3.05, 3.63) is 11.5 Å². The van der Waals surface area contributed by atoms with Gasteiger partial charge in [-0.15, -0.1) is 0 Å². The molecular weight excluding hydrogens is 300 g/mol. The van der Waals surface area contributed by atoms with Gasteiger partial charge in [-0.2, -0.15) is 4.31 Å². The van der Waals surface area contributed by atoms with E-state index >= 15 is 0 Å². The van der Waals surface area contributed by atoms with Crippen LogP contribution in [0.2, 0.25) is 5.15 Å². The fraction of sp³-hybridized carbons (Fsp3) is 0.750. The monoisotopic (exact) mass is 318 g/mol. The van der Waals surface area contributed by atoms with Crippen molar-refractivity contribution < 1.29 is 8.42 Å². The lowest BCUT2D eigenvalue weighted by atomic mass is 10.2. The number of hydrogen-bond acceptors (Lipinski definition) is 4. The summed E-state index contributed by atoms with van der Waals surface area (Å²) < 4.78 is 28.2. The molecule has 0 aliphatic carbocycles. The molecule has 0 saturated carbocycles. The van der Waals surface area contributed by atoms with Gasteiger partial charge in [-0.1, -0.05) is 11.6 Å². The molecule has 0 bridgehead atoms. The number of hydrogen-bond donors (Lipinski definition) is 0. The van der Waals surface area contributed by atoms with Crippen LogP contribution < -0.4 is 0 Å². The SMILES string of the molecule is Cn1cnc(S(=O)(=O)N2CCC(N3CCCC3)C2)c1Cl. The van der Waals surface area contributed by atoms with Gasteiger partial charge in [0.15, 0.2) is 0 Å². The van der Waals surface area contributed by atoms with Gasteiger partial charge in [0.1, 0.15) is 5.15 Å². The first kappa shape index (κ1) is 14.3. The fourth-order valence-corrected chi connectivity index (χ4v) is 4.90. The molecule has 0 aromatic carbocycles. The molecule has 1 aromatic rings. The summed E-state index contributed by atoms with van der Waals surface area (Å²) in [4.78, 5) is 6.34. The van der Waals surface area contributed by atoms with Crippen LogP contribution in [0.3, 0.4) is 0 Å². The average molecular weight is 319 g/mol. The van der Waals surface area contributed by atoms with Crippen molar-refractivity contribution in [2.45, 2.75) is 30.3 Å². The normalized spacial score (nSPS) is 25.6. The molecular formula is C12H19ClN4O2S. The van der Waals surface area contributed by atoms with E-state index in [4.69, 9.17) is 11.6 Å². The fourth-order valence-electron chi connectivity index (χ4n) is 3.02. The van der Waals surface area contributed by atoms with Crippen molar-refractivity contribution in [1.82, 2.24) is 18.8 Å². The van der Waals surface area contributed by atoms with Crippen LogP contribution in [0.4, 0.5) is 0 Å². The molecule has 6 nitrogen and oxygen atoms in total. The molecule has 20 heavy (non-hydrogen) atoms. The number of nitrogens with zero attached hydrogens (tertiary/aromatic N) is 4. The van der Waals surface area contributed by atoms with Crippen LogP contribution in [0.1, 0.15) is 19.3 Å². The van der Waals surface area contributed by atoms with E-state index in [1.54, 1.807) is 7.05 Å². The largest absolute Gasteiger partial charge is 0.324 e. The maximum absolute atomic E-state index is 12.6. The van der Waals surface area contributed by atoms with Crippen LogP contribution >= 0.6 is 11.6 Å². The third-order valence-corrected chi connectivity index (χ3v) is 6.56. The lowest BCUT2D eigenvalue weighted by Crippen LogP contribution is -2.37. The Morgan fingerprint density at radius 2 is 2.00 bits per heavy atom. The van der Waals surface area contributed by atoms with Crippen molar-refractivity contribution in [3.63, 3.8) is 0 Å². The molecule has 0 N–H and O–H groups in total. The molecule has 2 saturated heterocycles. The molecule has 1 aromatic heterocycles. The summed E-state index contributed by atoms with van der Waals surface area (Å²) in [6.45, 7) is 3.28. The highest BCUT2D eigenvalue weighted by Gasteiger charge is 2.38. The maximum atomic E-state index is 12.6. The van der Waals surface area contributed by atoms with Crippen molar-refractivity contribution in [2.24, 2.45) is 7.05 Å². The van der Waals surface area contributed by atoms with Gasteiger partial charge in [0.2, 0.25) is 5.03 Å². The molecule has 2 aliphatic rings. The van der Waals surface area contributed by atoms with Crippen LogP contribution in [-0.4, -0.2) is 59.4 Å².